The summed E-state index contributed by atoms with van der Waals surface area (Å²) in [6.45, 7) is 10.7. The Kier molecular flexibility index (Phi) is 21.6. The SMILES string of the molecule is C[n+]1ccc2c(c1-c1ccccc1)CCC2.Cc1ccccc1-c1c2c(cc[n+]1C)CCCC2.Cc1ccccc1-c1cc2c(c[n+]1C)CCC2.Cc1ccccc1-c1cc2c(c[n+]1C)CCCC2.[2H]C1([2H])CCC([2H])([2H])c2c1cc[n+](C)c2-c1ccccc1C.[2H]C1([2H])CCCc2c[n+](C)c(-c3ccccc3C)cc21. The Morgan fingerprint density at radius 2 is 0.543 bits per heavy atom. The Morgan fingerprint density at radius 3 is 1.04 bits per heavy atom. The Bertz CT molecular complexity index is 5370. The summed E-state index contributed by atoms with van der Waals surface area (Å²) in [6.07, 6.45) is 29.7. The van der Waals surface area contributed by atoms with E-state index in [0.717, 1.165) is 46.5 Å². The van der Waals surface area contributed by atoms with E-state index in [1.165, 1.54) is 174 Å². The Labute approximate surface area is 637 Å². The third kappa shape index (κ3) is 17.1. The second kappa shape index (κ2) is 34.4. The van der Waals surface area contributed by atoms with Crippen LogP contribution < -0.4 is 27.4 Å². The van der Waals surface area contributed by atoms with Gasteiger partial charge in [0.25, 0.3) is 0 Å². The molecule has 6 heteroatoms. The molecule has 0 atom stereocenters. The summed E-state index contributed by atoms with van der Waals surface area (Å²) >= 11 is 0. The van der Waals surface area contributed by atoms with Crippen molar-refractivity contribution < 1.29 is 35.6 Å². The Hall–Kier alpha value is -9.78. The molecule has 534 valence electrons. The van der Waals surface area contributed by atoms with Crippen LogP contribution in [0.5, 0.6) is 0 Å². The predicted molar refractivity (Wildman–Crippen MR) is 433 cm³/mol. The second-order valence-electron chi connectivity index (χ2n) is 29.9. The van der Waals surface area contributed by atoms with Gasteiger partial charge in [0, 0.05) is 111 Å². The van der Waals surface area contributed by atoms with Gasteiger partial charge >= 0.3 is 0 Å². The highest BCUT2D eigenvalue weighted by Gasteiger charge is 2.28. The highest BCUT2D eigenvalue weighted by molar-refractivity contribution is 5.68. The molecule has 6 aliphatic carbocycles. The van der Waals surface area contributed by atoms with Crippen LogP contribution in [0.15, 0.2) is 225 Å². The van der Waals surface area contributed by atoms with Gasteiger partial charge in [-0.25, -0.2) is 27.4 Å². The topological polar surface area (TPSA) is 23.3 Å². The zero-order valence-electron chi connectivity index (χ0n) is 70.5. The number of hydrogen-bond acceptors (Lipinski definition) is 0. The quantitative estimate of drug-likeness (QED) is 0.148. The minimum atomic E-state index is -1.52. The van der Waals surface area contributed by atoms with Crippen molar-refractivity contribution in [3.63, 3.8) is 0 Å². The van der Waals surface area contributed by atoms with E-state index < -0.39 is 19.1 Å². The molecule has 105 heavy (non-hydrogen) atoms. The summed E-state index contributed by atoms with van der Waals surface area (Å²) in [4.78, 5) is 0. The number of nitrogens with zero attached hydrogens (tertiary/aromatic N) is 6. The van der Waals surface area contributed by atoms with Gasteiger partial charge < -0.3 is 0 Å². The van der Waals surface area contributed by atoms with Gasteiger partial charge in [0.1, 0.15) is 42.3 Å². The van der Waals surface area contributed by atoms with Gasteiger partial charge in [-0.1, -0.05) is 109 Å². The van der Waals surface area contributed by atoms with Crippen molar-refractivity contribution in [2.75, 3.05) is 0 Å². The van der Waals surface area contributed by atoms with Crippen molar-refractivity contribution in [3.05, 3.63) is 320 Å². The van der Waals surface area contributed by atoms with E-state index in [9.17, 15) is 0 Å². The minimum absolute atomic E-state index is 0.204. The highest BCUT2D eigenvalue weighted by Crippen LogP contribution is 2.35. The number of rotatable bonds is 6. The maximum absolute atomic E-state index is 8.43. The number of aromatic nitrogens is 6. The molecule has 0 spiro atoms. The van der Waals surface area contributed by atoms with Crippen LogP contribution in [0.4, 0.5) is 0 Å². The zero-order valence-corrected chi connectivity index (χ0v) is 64.5. The smallest absolute Gasteiger partial charge is 0.201 e. The van der Waals surface area contributed by atoms with E-state index in [4.69, 9.17) is 8.22 Å². The number of hydrogen-bond donors (Lipinski definition) is 0. The van der Waals surface area contributed by atoms with Gasteiger partial charge in [-0.15, -0.1) is 0 Å². The summed E-state index contributed by atoms with van der Waals surface area (Å²) in [5, 5.41) is 0. The number of benzene rings is 6. The fourth-order valence-electron chi connectivity index (χ4n) is 16.7. The molecule has 6 heterocycles. The number of fused-ring (bicyclic) bond motifs is 6. The largest absolute Gasteiger partial charge is 0.216 e. The monoisotopic (exact) mass is 1390 g/mol. The molecule has 18 rings (SSSR count). The molecule has 0 amide bonds. The van der Waals surface area contributed by atoms with Crippen molar-refractivity contribution >= 4 is 0 Å². The van der Waals surface area contributed by atoms with E-state index in [1.54, 1.807) is 39.4 Å². The van der Waals surface area contributed by atoms with Gasteiger partial charge in [0.05, 0.1) is 0 Å². The lowest BCUT2D eigenvalue weighted by Gasteiger charge is -2.17. The number of aryl methyl sites for hydroxylation is 20. The first kappa shape index (κ1) is 65.9. The molecule has 6 aliphatic rings. The van der Waals surface area contributed by atoms with Crippen molar-refractivity contribution in [1.82, 2.24) is 0 Å². The lowest BCUT2D eigenvalue weighted by Crippen LogP contribution is -2.33. The molecule has 0 saturated heterocycles. The molecule has 0 unspecified atom stereocenters. The first-order chi connectivity index (χ1) is 53.4. The van der Waals surface area contributed by atoms with E-state index in [2.05, 4.69) is 255 Å². The van der Waals surface area contributed by atoms with Crippen molar-refractivity contribution in [2.24, 2.45) is 42.3 Å². The molecule has 6 nitrogen and oxygen atoms in total. The molecular formula is C99H114N6+6. The summed E-state index contributed by atoms with van der Waals surface area (Å²) in [7, 11) is 12.6. The van der Waals surface area contributed by atoms with Crippen molar-refractivity contribution in [2.45, 2.75) is 176 Å². The third-order valence-electron chi connectivity index (χ3n) is 22.5. The first-order valence-electron chi connectivity index (χ1n) is 41.8. The van der Waals surface area contributed by atoms with Gasteiger partial charge in [-0.05, 0) is 279 Å². The Morgan fingerprint density at radius 1 is 0.238 bits per heavy atom. The van der Waals surface area contributed by atoms with Gasteiger partial charge in [-0.3, -0.25) is 0 Å². The molecule has 0 saturated carbocycles. The molecule has 12 aromatic rings. The van der Waals surface area contributed by atoms with Crippen LogP contribution in [-0.2, 0) is 119 Å². The summed E-state index contributed by atoms with van der Waals surface area (Å²) in [6, 6.07) is 66.0. The van der Waals surface area contributed by atoms with E-state index in [1.807, 2.05) is 68.2 Å². The third-order valence-corrected chi connectivity index (χ3v) is 22.5. The summed E-state index contributed by atoms with van der Waals surface area (Å²) in [5.41, 5.74) is 36.7. The van der Waals surface area contributed by atoms with Crippen LogP contribution >= 0.6 is 0 Å². The second-order valence-corrected chi connectivity index (χ2v) is 29.9. The zero-order chi connectivity index (χ0) is 78.3. The lowest BCUT2D eigenvalue weighted by atomic mass is 9.88. The molecule has 0 N–H and O–H groups in total. The molecule has 0 bridgehead atoms. The maximum Gasteiger partial charge on any atom is 0.216 e. The molecule has 0 radical (unpaired) electrons. The van der Waals surface area contributed by atoms with Crippen LogP contribution in [0, 0.1) is 34.6 Å². The summed E-state index contributed by atoms with van der Waals surface area (Å²) in [5.74, 6) is 0. The average molecular weight is 1390 g/mol. The fourth-order valence-corrected chi connectivity index (χ4v) is 16.7. The normalized spacial score (nSPS) is 16.4. The van der Waals surface area contributed by atoms with Crippen LogP contribution in [0.3, 0.4) is 0 Å². The Balaban J connectivity index is 0.000000117. The van der Waals surface area contributed by atoms with E-state index in [-0.39, 0.29) is 12.8 Å². The standard InChI is InChI=1S/4C17H20N.C16H18N.C15H16N/c2*1-13-7-3-6-10-16(13)17-11-14-8-4-5-9-15(14)12-18(17)2;2*1-13-7-3-5-9-15(13)17-16-10-6-4-8-14(16)11-12-18(17)2;1-12-6-3-4-9-15(12)16-10-13-7-5-8-14(13)11-17(16)2;1-16-11-10-12-8-5-9-14(12)15(16)13-6-3-2-4-7-13/h2*3,6-7,10-12H,4-5,8-9H2,1-2H3;2*3,5,7,9,11-12H,4,6,8,10H2,1-2H3;3-4,6,9-11H,5,7-8H2,1-2H3;2-4,6-7,10-11H,5,8-9H2,1H3/q6*+1/i8D2;;8D2,10D2;;;. The van der Waals surface area contributed by atoms with E-state index >= 15 is 0 Å². The maximum atomic E-state index is 8.43. The van der Waals surface area contributed by atoms with E-state index in [0.29, 0.717) is 17.5 Å². The first-order valence-corrected chi connectivity index (χ1v) is 38.8. The number of pyridine rings is 6. The molecule has 6 aromatic carbocycles. The highest BCUT2D eigenvalue weighted by atomic mass is 14.9. The van der Waals surface area contributed by atoms with Gasteiger partial charge in [-0.2, -0.15) is 0 Å². The van der Waals surface area contributed by atoms with Crippen LogP contribution in [0.25, 0.3) is 67.5 Å². The molecular weight excluding hydrogens is 1270 g/mol. The fraction of sp³-hybridized carbons (Fsp3) is 0.333. The lowest BCUT2D eigenvalue weighted by molar-refractivity contribution is -0.661. The van der Waals surface area contributed by atoms with Crippen molar-refractivity contribution in [1.29, 1.82) is 0 Å². The minimum Gasteiger partial charge on any atom is -0.201 e. The molecule has 0 fully saturated rings. The van der Waals surface area contributed by atoms with Crippen LogP contribution in [-0.4, -0.2) is 0 Å². The van der Waals surface area contributed by atoms with Crippen LogP contribution in [0.2, 0.25) is 0 Å². The van der Waals surface area contributed by atoms with Crippen LogP contribution in [0.1, 0.15) is 167 Å². The molecule has 6 aromatic heterocycles. The molecule has 0 aliphatic heterocycles. The average Bonchev–Trinajstić information content (AvgIpc) is 1.12. The van der Waals surface area contributed by atoms with Gasteiger partial charge in [0.15, 0.2) is 37.2 Å². The van der Waals surface area contributed by atoms with Gasteiger partial charge in [0.2, 0.25) is 34.2 Å². The summed E-state index contributed by atoms with van der Waals surface area (Å²) < 4.78 is 63.0. The predicted octanol–water partition coefficient (Wildman–Crippen LogP) is 19.1. The van der Waals surface area contributed by atoms with Crippen molar-refractivity contribution in [3.8, 4) is 67.5 Å².